The summed E-state index contributed by atoms with van der Waals surface area (Å²) in [6.07, 6.45) is 0. The molecule has 0 spiro atoms. The molecule has 27 heavy (non-hydrogen) atoms. The van der Waals surface area contributed by atoms with Crippen LogP contribution in [0.25, 0.3) is 10.8 Å². The minimum atomic E-state index is -1.18. The molecule has 0 aliphatic carbocycles. The van der Waals surface area contributed by atoms with Crippen molar-refractivity contribution in [1.82, 2.24) is 10.3 Å². The molecule has 0 aliphatic rings. The smallest absolute Gasteiger partial charge is 0.322 e. The van der Waals surface area contributed by atoms with E-state index in [1.807, 2.05) is 30.3 Å². The molecule has 1 heterocycles. The van der Waals surface area contributed by atoms with Crippen LogP contribution < -0.4 is 10.1 Å². The lowest BCUT2D eigenvalue weighted by molar-refractivity contribution is -0.135. The Morgan fingerprint density at radius 2 is 1.81 bits per heavy atom. The van der Waals surface area contributed by atoms with Crippen LogP contribution in [0.1, 0.15) is 16.2 Å². The summed E-state index contributed by atoms with van der Waals surface area (Å²) in [5.41, 5.74) is 0.384. The summed E-state index contributed by atoms with van der Waals surface area (Å²) in [5.74, 6) is -0.973. The number of carboxylic acids is 1. The van der Waals surface area contributed by atoms with Crippen molar-refractivity contribution in [3.8, 4) is 17.2 Å². The molecular weight excluding hydrogens is 463 g/mol. The number of alkyl halides is 1. The topological polar surface area (TPSA) is 109 Å². The van der Waals surface area contributed by atoms with Crippen molar-refractivity contribution in [3.05, 3.63) is 59.9 Å². The highest BCUT2D eigenvalue weighted by Crippen LogP contribution is 2.34. The maximum atomic E-state index is 12.2. The second-order valence-corrected chi connectivity index (χ2v) is 6.35. The predicted molar refractivity (Wildman–Crippen MR) is 108 cm³/mol. The summed E-state index contributed by atoms with van der Waals surface area (Å²) in [6, 6.07) is 14.4. The number of amides is 1. The number of benzene rings is 2. The molecule has 0 radical (unpaired) electrons. The number of aliphatic carboxylic acids is 1. The number of aromatic hydroxyl groups is 1. The molecule has 3 N–H and O–H groups in total. The molecule has 1 amide bonds. The normalized spacial score (nSPS) is 10.6. The quantitative estimate of drug-likeness (QED) is 0.370. The lowest BCUT2D eigenvalue weighted by atomic mass is 10.1. The number of hydrogen-bond donors (Lipinski definition) is 3. The zero-order chi connectivity index (χ0) is 19.4. The third kappa shape index (κ3) is 4.27. The average molecular weight is 478 g/mol. The van der Waals surface area contributed by atoms with Gasteiger partial charge in [-0.2, -0.15) is 0 Å². The van der Waals surface area contributed by atoms with Gasteiger partial charge in [-0.25, -0.2) is 4.98 Å². The van der Waals surface area contributed by atoms with E-state index >= 15 is 0 Å². The van der Waals surface area contributed by atoms with Crippen LogP contribution in [-0.2, 0) is 9.22 Å². The van der Waals surface area contributed by atoms with E-state index < -0.39 is 18.4 Å². The summed E-state index contributed by atoms with van der Waals surface area (Å²) in [7, 11) is 0. The van der Waals surface area contributed by atoms with E-state index in [1.54, 1.807) is 18.2 Å². The van der Waals surface area contributed by atoms with Crippen molar-refractivity contribution in [3.63, 3.8) is 0 Å². The first-order valence-corrected chi connectivity index (χ1v) is 9.46. The van der Waals surface area contributed by atoms with Gasteiger partial charge in [-0.05, 0) is 30.3 Å². The first-order valence-electron chi connectivity index (χ1n) is 7.94. The lowest BCUT2D eigenvalue weighted by Crippen LogP contribution is -2.30. The Morgan fingerprint density at radius 3 is 2.48 bits per heavy atom. The fraction of sp³-hybridized carbons (Fsp3) is 0.105. The van der Waals surface area contributed by atoms with Crippen LogP contribution in [0.3, 0.4) is 0 Å². The second-order valence-electron chi connectivity index (χ2n) is 5.59. The van der Waals surface area contributed by atoms with Gasteiger partial charge in [0.25, 0.3) is 5.91 Å². The van der Waals surface area contributed by atoms with Gasteiger partial charge >= 0.3 is 5.97 Å². The van der Waals surface area contributed by atoms with Gasteiger partial charge in [0.1, 0.15) is 18.0 Å². The van der Waals surface area contributed by atoms with Crippen LogP contribution >= 0.6 is 22.6 Å². The van der Waals surface area contributed by atoms with Crippen LogP contribution in [0.5, 0.6) is 17.2 Å². The molecule has 1 aromatic heterocycles. The third-order valence-corrected chi connectivity index (χ3v) is 4.47. The highest BCUT2D eigenvalue weighted by atomic mass is 127. The molecule has 0 unspecified atom stereocenters. The van der Waals surface area contributed by atoms with Gasteiger partial charge in [-0.1, -0.05) is 40.8 Å². The summed E-state index contributed by atoms with van der Waals surface area (Å²) >= 11 is 2.11. The number of nitrogens with one attached hydrogen (secondary N) is 1. The van der Waals surface area contributed by atoms with Gasteiger partial charge in [-0.3, -0.25) is 9.59 Å². The molecule has 138 valence electrons. The number of ether oxygens (including phenoxy) is 1. The van der Waals surface area contributed by atoms with Gasteiger partial charge in [0.05, 0.1) is 5.69 Å². The van der Waals surface area contributed by atoms with E-state index in [-0.39, 0.29) is 11.4 Å². The number of carbonyl (C=O) groups is 2. The Morgan fingerprint density at radius 1 is 1.07 bits per heavy atom. The molecule has 3 aromatic rings. The van der Waals surface area contributed by atoms with Gasteiger partial charge in [0.15, 0.2) is 11.4 Å². The number of rotatable bonds is 6. The van der Waals surface area contributed by atoms with Gasteiger partial charge in [-0.15, -0.1) is 0 Å². The summed E-state index contributed by atoms with van der Waals surface area (Å²) in [5, 5.41) is 22.5. The predicted octanol–water partition coefficient (Wildman–Crippen LogP) is 3.48. The van der Waals surface area contributed by atoms with Crippen molar-refractivity contribution in [2.24, 2.45) is 0 Å². The van der Waals surface area contributed by atoms with Crippen LogP contribution in [0.2, 0.25) is 0 Å². The number of fused-ring (bicyclic) bond motifs is 1. The molecule has 0 bridgehead atoms. The highest BCUT2D eigenvalue weighted by molar-refractivity contribution is 14.1. The maximum absolute atomic E-state index is 12.2. The molecule has 0 saturated heterocycles. The van der Waals surface area contributed by atoms with Gasteiger partial charge in [0, 0.05) is 15.2 Å². The van der Waals surface area contributed by atoms with Crippen molar-refractivity contribution in [1.29, 1.82) is 0 Å². The van der Waals surface area contributed by atoms with E-state index in [0.717, 1.165) is 0 Å². The molecule has 0 saturated carbocycles. The van der Waals surface area contributed by atoms with E-state index in [9.17, 15) is 14.7 Å². The third-order valence-electron chi connectivity index (χ3n) is 3.75. The van der Waals surface area contributed by atoms with Crippen LogP contribution in [0, 0.1) is 0 Å². The number of carbonyl (C=O) groups excluding carboxylic acids is 1. The summed E-state index contributed by atoms with van der Waals surface area (Å²) < 4.78 is 6.30. The first kappa shape index (κ1) is 18.9. The van der Waals surface area contributed by atoms with Crippen molar-refractivity contribution < 1.29 is 24.5 Å². The molecule has 2 aromatic carbocycles. The van der Waals surface area contributed by atoms with Gasteiger partial charge < -0.3 is 20.3 Å². The van der Waals surface area contributed by atoms with Crippen LogP contribution in [-0.4, -0.2) is 33.6 Å². The Labute approximate surface area is 168 Å². The number of hydrogen-bond acceptors (Lipinski definition) is 5. The average Bonchev–Trinajstić information content (AvgIpc) is 2.67. The number of halogens is 1. The standard InChI is InChI=1S/C19H15IN2O5/c20-9-15-14-8-12(27-11-4-2-1-3-5-11)6-7-13(14)18(25)17(22-15)19(26)21-10-16(23)24/h1-8,25H,9-10H2,(H,21,26)(H,23,24). The monoisotopic (exact) mass is 478 g/mol. The number of carboxylic acid groups (broad SMARTS) is 1. The van der Waals surface area contributed by atoms with Crippen molar-refractivity contribution >= 4 is 45.2 Å². The minimum Gasteiger partial charge on any atom is -0.505 e. The van der Waals surface area contributed by atoms with E-state index in [1.165, 1.54) is 0 Å². The zero-order valence-corrected chi connectivity index (χ0v) is 16.1. The lowest BCUT2D eigenvalue weighted by Gasteiger charge is -2.12. The molecule has 0 atom stereocenters. The van der Waals surface area contributed by atoms with Gasteiger partial charge in [0.2, 0.25) is 0 Å². The SMILES string of the molecule is O=C(O)CNC(=O)c1nc(CI)c2cc(Oc3ccccc3)ccc2c1O. The number of pyridine rings is 1. The summed E-state index contributed by atoms with van der Waals surface area (Å²) in [6.45, 7) is -0.554. The molecule has 0 aliphatic heterocycles. The maximum Gasteiger partial charge on any atom is 0.322 e. The van der Waals surface area contributed by atoms with E-state index in [4.69, 9.17) is 9.84 Å². The van der Waals surface area contributed by atoms with Crippen molar-refractivity contribution in [2.45, 2.75) is 4.43 Å². The van der Waals surface area contributed by atoms with E-state index in [0.29, 0.717) is 32.4 Å². The fourth-order valence-corrected chi connectivity index (χ4v) is 3.11. The zero-order valence-electron chi connectivity index (χ0n) is 14.0. The molecular formula is C19H15IN2O5. The second kappa shape index (κ2) is 8.21. The van der Waals surface area contributed by atoms with Crippen LogP contribution in [0.15, 0.2) is 48.5 Å². The Balaban J connectivity index is 2.01. The number of para-hydroxylation sites is 1. The Bertz CT molecular complexity index is 1010. The molecule has 0 fully saturated rings. The largest absolute Gasteiger partial charge is 0.505 e. The minimum absolute atomic E-state index is 0.202. The molecule has 8 heteroatoms. The van der Waals surface area contributed by atoms with Crippen molar-refractivity contribution in [2.75, 3.05) is 6.54 Å². The molecule has 3 rings (SSSR count). The summed E-state index contributed by atoms with van der Waals surface area (Å²) in [4.78, 5) is 27.0. The Hall–Kier alpha value is -2.88. The fourth-order valence-electron chi connectivity index (χ4n) is 2.53. The van der Waals surface area contributed by atoms with Crippen LogP contribution in [0.4, 0.5) is 0 Å². The Kier molecular flexibility index (Phi) is 5.75. The van der Waals surface area contributed by atoms with E-state index in [2.05, 4.69) is 32.9 Å². The number of nitrogens with zero attached hydrogens (tertiary/aromatic N) is 1. The first-order chi connectivity index (χ1) is 13.0. The molecule has 7 nitrogen and oxygen atoms in total. The number of aromatic nitrogens is 1. The highest BCUT2D eigenvalue weighted by Gasteiger charge is 2.19.